The number of amides is 2. The zero-order valence-electron chi connectivity index (χ0n) is 22.7. The lowest BCUT2D eigenvalue weighted by atomic mass is 9.86. The lowest BCUT2D eigenvalue weighted by Crippen LogP contribution is -2.41. The first-order chi connectivity index (χ1) is 18.4. The largest absolute Gasteiger partial charge is 0.481 e. The van der Waals surface area contributed by atoms with Crippen LogP contribution in [0.1, 0.15) is 90.8 Å². The molecule has 2 heterocycles. The van der Waals surface area contributed by atoms with Crippen molar-refractivity contribution in [3.05, 3.63) is 64.8 Å². The number of H-pyrrole nitrogens is 1. The minimum absolute atomic E-state index is 0.00300. The van der Waals surface area contributed by atoms with Crippen LogP contribution in [0.3, 0.4) is 0 Å². The number of fused-ring (bicyclic) bond motifs is 1. The summed E-state index contributed by atoms with van der Waals surface area (Å²) < 4.78 is 0. The molecule has 2 aromatic carbocycles. The Morgan fingerprint density at radius 3 is 2.26 bits per heavy atom. The third kappa shape index (κ3) is 6.42. The number of carboxylic acids is 1. The van der Waals surface area contributed by atoms with Crippen LogP contribution in [0, 0.1) is 5.41 Å². The molecule has 9 heteroatoms. The number of likely N-dealkylation sites (tertiary alicyclic amines) is 1. The van der Waals surface area contributed by atoms with E-state index >= 15 is 0 Å². The van der Waals surface area contributed by atoms with Crippen LogP contribution in [0.2, 0.25) is 0 Å². The number of piperidine rings is 1. The molecule has 3 N–H and O–H groups in total. The van der Waals surface area contributed by atoms with Gasteiger partial charge < -0.3 is 20.3 Å². The van der Waals surface area contributed by atoms with Crippen LogP contribution in [0.4, 0.5) is 5.69 Å². The molecule has 1 aromatic heterocycles. The predicted octanol–water partition coefficient (Wildman–Crippen LogP) is 7.23. The molecule has 1 aliphatic heterocycles. The Labute approximate surface area is 238 Å². The maximum atomic E-state index is 13.0. The van der Waals surface area contributed by atoms with Crippen molar-refractivity contribution < 1.29 is 19.5 Å². The summed E-state index contributed by atoms with van der Waals surface area (Å²) in [5, 5.41) is 12.7. The first-order valence-electron chi connectivity index (χ1n) is 13.2. The minimum Gasteiger partial charge on any atom is -0.481 e. The Bertz CT molecular complexity index is 1370. The molecule has 0 aliphatic carbocycles. The number of nitrogens with zero attached hydrogens (tertiary/aromatic N) is 1. The number of carbonyl (C=O) groups is 3. The molecular formula is C30H35Cl2N3O4. The van der Waals surface area contributed by atoms with Gasteiger partial charge in [0.1, 0.15) is 5.69 Å². The fraction of sp³-hybridized carbons (Fsp3) is 0.433. The van der Waals surface area contributed by atoms with Crippen molar-refractivity contribution in [1.82, 2.24) is 9.88 Å². The fourth-order valence-electron chi connectivity index (χ4n) is 5.22. The minimum atomic E-state index is -1.07. The number of nitrogens with one attached hydrogen (secondary N) is 2. The number of hydrogen-bond donors (Lipinski definition) is 3. The zero-order valence-corrected chi connectivity index (χ0v) is 24.2. The van der Waals surface area contributed by atoms with Gasteiger partial charge in [0.2, 0.25) is 5.91 Å². The first-order valence-corrected chi connectivity index (χ1v) is 14.1. The highest BCUT2D eigenvalue weighted by Crippen LogP contribution is 2.37. The summed E-state index contributed by atoms with van der Waals surface area (Å²) in [4.78, 5) is 41.9. The van der Waals surface area contributed by atoms with Gasteiger partial charge in [-0.2, -0.15) is 0 Å². The summed E-state index contributed by atoms with van der Waals surface area (Å²) in [5.41, 5.74) is 3.91. The maximum absolute atomic E-state index is 13.0. The van der Waals surface area contributed by atoms with Gasteiger partial charge in [0.25, 0.3) is 5.91 Å². The second-order valence-corrected chi connectivity index (χ2v) is 12.4. The van der Waals surface area contributed by atoms with E-state index in [0.29, 0.717) is 30.4 Å². The Kier molecular flexibility index (Phi) is 8.62. The van der Waals surface area contributed by atoms with E-state index in [1.807, 2.05) is 56.3 Å². The van der Waals surface area contributed by atoms with Gasteiger partial charge in [0, 0.05) is 36.1 Å². The normalized spacial score (nSPS) is 16.2. The summed E-state index contributed by atoms with van der Waals surface area (Å²) >= 11 is 12.8. The van der Waals surface area contributed by atoms with Gasteiger partial charge in [0.15, 0.2) is 0 Å². The zero-order chi connectivity index (χ0) is 28.5. The van der Waals surface area contributed by atoms with Crippen LogP contribution in [0.25, 0.3) is 10.9 Å². The summed E-state index contributed by atoms with van der Waals surface area (Å²) in [6, 6.07) is 13.5. The Balaban J connectivity index is 1.39. The molecule has 4 rings (SSSR count). The number of aromatic nitrogens is 1. The number of rotatable bonds is 8. The molecule has 2 atom stereocenters. The van der Waals surface area contributed by atoms with Crippen LogP contribution >= 0.6 is 23.2 Å². The Morgan fingerprint density at radius 1 is 1.05 bits per heavy atom. The van der Waals surface area contributed by atoms with Crippen LogP contribution in [0.5, 0.6) is 0 Å². The number of carbonyl (C=O) groups excluding carboxylic acids is 2. The SMILES string of the molecule is CC(Cl)c1ccc2[nH]c(C(=O)Nc3ccc(C4CCN(C(=O)CC(C)(C)C(=O)O)CC4)cc3)cc2c1C(C)Cl. The van der Waals surface area contributed by atoms with E-state index in [0.717, 1.165) is 40.4 Å². The number of halogens is 2. The molecule has 1 saturated heterocycles. The molecule has 3 aromatic rings. The molecule has 0 radical (unpaired) electrons. The molecule has 208 valence electrons. The van der Waals surface area contributed by atoms with Crippen molar-refractivity contribution in [2.24, 2.45) is 5.41 Å². The first kappa shape index (κ1) is 29.0. The van der Waals surface area contributed by atoms with Gasteiger partial charge >= 0.3 is 5.97 Å². The molecule has 0 bridgehead atoms. The Morgan fingerprint density at radius 2 is 1.69 bits per heavy atom. The third-order valence-corrected chi connectivity index (χ3v) is 8.06. The van der Waals surface area contributed by atoms with Crippen molar-refractivity contribution >= 4 is 57.6 Å². The van der Waals surface area contributed by atoms with Gasteiger partial charge in [-0.25, -0.2) is 0 Å². The van der Waals surface area contributed by atoms with E-state index in [-0.39, 0.29) is 29.0 Å². The van der Waals surface area contributed by atoms with Crippen LogP contribution < -0.4 is 5.32 Å². The van der Waals surface area contributed by atoms with Crippen molar-refractivity contribution in [2.75, 3.05) is 18.4 Å². The van der Waals surface area contributed by atoms with E-state index in [2.05, 4.69) is 10.3 Å². The van der Waals surface area contributed by atoms with Gasteiger partial charge in [-0.15, -0.1) is 23.2 Å². The van der Waals surface area contributed by atoms with Crippen LogP contribution in [-0.2, 0) is 9.59 Å². The highest BCUT2D eigenvalue weighted by atomic mass is 35.5. The molecule has 0 spiro atoms. The lowest BCUT2D eigenvalue weighted by molar-refractivity contribution is -0.151. The average Bonchev–Trinajstić information content (AvgIpc) is 3.32. The van der Waals surface area contributed by atoms with Gasteiger partial charge in [-0.05, 0) is 87.4 Å². The number of aromatic amines is 1. The van der Waals surface area contributed by atoms with Crippen molar-refractivity contribution in [3.8, 4) is 0 Å². The fourth-order valence-corrected chi connectivity index (χ4v) is 5.65. The number of anilines is 1. The summed E-state index contributed by atoms with van der Waals surface area (Å²) in [5.74, 6) is -1.03. The van der Waals surface area contributed by atoms with E-state index in [9.17, 15) is 19.5 Å². The van der Waals surface area contributed by atoms with Gasteiger partial charge in [-0.1, -0.05) is 18.2 Å². The maximum Gasteiger partial charge on any atom is 0.309 e. The number of benzene rings is 2. The number of hydrogen-bond acceptors (Lipinski definition) is 3. The van der Waals surface area contributed by atoms with E-state index in [1.54, 1.807) is 18.7 Å². The molecule has 7 nitrogen and oxygen atoms in total. The van der Waals surface area contributed by atoms with E-state index < -0.39 is 11.4 Å². The number of carboxylic acid groups (broad SMARTS) is 1. The third-order valence-electron chi connectivity index (χ3n) is 7.61. The highest BCUT2D eigenvalue weighted by Gasteiger charge is 2.33. The molecule has 0 saturated carbocycles. The molecular weight excluding hydrogens is 537 g/mol. The molecule has 1 fully saturated rings. The van der Waals surface area contributed by atoms with Gasteiger partial charge in [-0.3, -0.25) is 14.4 Å². The highest BCUT2D eigenvalue weighted by molar-refractivity contribution is 6.23. The van der Waals surface area contributed by atoms with Crippen LogP contribution in [-0.4, -0.2) is 45.9 Å². The monoisotopic (exact) mass is 571 g/mol. The standard InChI is InChI=1S/C30H35Cl2N3O4/c1-17(31)22-9-10-24-23(27(22)18(2)32)15-25(34-24)28(37)33-21-7-5-19(6-8-21)20-11-13-35(14-12-20)26(36)16-30(3,4)29(38)39/h5-10,15,17-18,20,34H,11-14,16H2,1-4H3,(H,33,37)(H,38,39). The number of aliphatic carboxylic acids is 1. The Hall–Kier alpha value is -3.03. The molecule has 1 aliphatic rings. The van der Waals surface area contributed by atoms with Crippen LogP contribution in [0.15, 0.2) is 42.5 Å². The molecule has 39 heavy (non-hydrogen) atoms. The van der Waals surface area contributed by atoms with Crippen molar-refractivity contribution in [2.45, 2.75) is 63.6 Å². The molecule has 2 unspecified atom stereocenters. The second kappa shape index (κ2) is 11.6. The average molecular weight is 573 g/mol. The van der Waals surface area contributed by atoms with Crippen molar-refractivity contribution in [1.29, 1.82) is 0 Å². The van der Waals surface area contributed by atoms with Gasteiger partial charge in [0.05, 0.1) is 16.2 Å². The summed E-state index contributed by atoms with van der Waals surface area (Å²) in [6.07, 6.45) is 1.62. The summed E-state index contributed by atoms with van der Waals surface area (Å²) in [6.45, 7) is 8.16. The number of alkyl halides is 2. The molecule has 2 amide bonds. The smallest absolute Gasteiger partial charge is 0.309 e. The lowest BCUT2D eigenvalue weighted by Gasteiger charge is -2.34. The van der Waals surface area contributed by atoms with Crippen molar-refractivity contribution in [3.63, 3.8) is 0 Å². The van der Waals surface area contributed by atoms with E-state index in [4.69, 9.17) is 23.2 Å². The second-order valence-electron chi connectivity index (χ2n) is 11.0. The topological polar surface area (TPSA) is 103 Å². The quantitative estimate of drug-likeness (QED) is 0.248. The summed E-state index contributed by atoms with van der Waals surface area (Å²) in [7, 11) is 0. The predicted molar refractivity (Wildman–Crippen MR) is 156 cm³/mol. The van der Waals surface area contributed by atoms with E-state index in [1.165, 1.54) is 0 Å².